The first-order valence-electron chi connectivity index (χ1n) is 9.90. The SMILES string of the molecule is CCc1ccc2c(c1)C(=O)N(C[C@@]1(c3cnn(CC(C)C)c3)NC(=O)NC1=O)C2. The summed E-state index contributed by atoms with van der Waals surface area (Å²) >= 11 is 0. The number of amides is 4. The first-order chi connectivity index (χ1) is 13.8. The van der Waals surface area contributed by atoms with Crippen LogP contribution in [0.2, 0.25) is 0 Å². The lowest BCUT2D eigenvalue weighted by Gasteiger charge is -2.30. The fraction of sp³-hybridized carbons (Fsp3) is 0.429. The van der Waals surface area contributed by atoms with E-state index in [-0.39, 0.29) is 12.5 Å². The number of benzene rings is 1. The van der Waals surface area contributed by atoms with Crippen LogP contribution < -0.4 is 10.6 Å². The maximum Gasteiger partial charge on any atom is 0.322 e. The Bertz CT molecular complexity index is 996. The number of carbonyl (C=O) groups is 3. The van der Waals surface area contributed by atoms with Gasteiger partial charge in [0, 0.05) is 30.4 Å². The molecule has 29 heavy (non-hydrogen) atoms. The Morgan fingerprint density at radius 2 is 2.03 bits per heavy atom. The van der Waals surface area contributed by atoms with Gasteiger partial charge in [-0.05, 0) is 29.5 Å². The predicted molar refractivity (Wildman–Crippen MR) is 106 cm³/mol. The largest absolute Gasteiger partial charge is 0.331 e. The molecule has 0 radical (unpaired) electrons. The second kappa shape index (κ2) is 7.02. The molecule has 0 saturated carbocycles. The van der Waals surface area contributed by atoms with Gasteiger partial charge in [0.2, 0.25) is 0 Å². The number of aromatic nitrogens is 2. The van der Waals surface area contributed by atoms with Crippen LogP contribution in [-0.2, 0) is 29.8 Å². The fourth-order valence-electron chi connectivity index (χ4n) is 4.00. The monoisotopic (exact) mass is 395 g/mol. The van der Waals surface area contributed by atoms with Gasteiger partial charge in [0.1, 0.15) is 0 Å². The van der Waals surface area contributed by atoms with Crippen molar-refractivity contribution in [3.05, 3.63) is 52.8 Å². The van der Waals surface area contributed by atoms with Gasteiger partial charge in [0.05, 0.1) is 12.7 Å². The first kappa shape index (κ1) is 19.2. The Hall–Kier alpha value is -3.16. The molecule has 2 aliphatic rings. The summed E-state index contributed by atoms with van der Waals surface area (Å²) in [6, 6.07) is 5.33. The van der Waals surface area contributed by atoms with E-state index >= 15 is 0 Å². The van der Waals surface area contributed by atoms with Crippen molar-refractivity contribution >= 4 is 17.8 Å². The van der Waals surface area contributed by atoms with Crippen molar-refractivity contribution < 1.29 is 14.4 Å². The van der Waals surface area contributed by atoms with E-state index in [0.29, 0.717) is 30.1 Å². The zero-order valence-corrected chi connectivity index (χ0v) is 16.9. The van der Waals surface area contributed by atoms with Crippen LogP contribution in [0.3, 0.4) is 0 Å². The smallest absolute Gasteiger partial charge is 0.322 e. The standard InChI is InChI=1S/C21H25N5O3/c1-4-14-5-6-15-10-25(18(27)17(15)7-14)12-21(19(28)23-20(29)24-21)16-8-22-26(11-16)9-13(2)3/h5-8,11,13H,4,9-10,12H2,1-3H3,(H2,23,24,28,29)/t21-/m0/s1. The second-order valence-electron chi connectivity index (χ2n) is 8.16. The highest BCUT2D eigenvalue weighted by Gasteiger charge is 2.51. The lowest BCUT2D eigenvalue weighted by molar-refractivity contribution is -0.124. The van der Waals surface area contributed by atoms with Crippen LogP contribution in [0.1, 0.15) is 47.8 Å². The molecule has 0 spiro atoms. The van der Waals surface area contributed by atoms with Gasteiger partial charge in [-0.1, -0.05) is 32.9 Å². The van der Waals surface area contributed by atoms with E-state index in [1.807, 2.05) is 25.1 Å². The molecule has 8 heteroatoms. The van der Waals surface area contributed by atoms with Crippen molar-refractivity contribution in [2.75, 3.05) is 6.54 Å². The van der Waals surface area contributed by atoms with Gasteiger partial charge in [-0.3, -0.25) is 19.6 Å². The number of hydrogen-bond acceptors (Lipinski definition) is 4. The lowest BCUT2D eigenvalue weighted by Crippen LogP contribution is -2.52. The summed E-state index contributed by atoms with van der Waals surface area (Å²) in [5.41, 5.74) is 1.91. The van der Waals surface area contributed by atoms with Gasteiger partial charge < -0.3 is 10.2 Å². The summed E-state index contributed by atoms with van der Waals surface area (Å²) in [6.45, 7) is 7.34. The van der Waals surface area contributed by atoms with E-state index in [0.717, 1.165) is 17.5 Å². The van der Waals surface area contributed by atoms with Gasteiger partial charge in [-0.15, -0.1) is 0 Å². The molecule has 1 aromatic heterocycles. The van der Waals surface area contributed by atoms with Crippen molar-refractivity contribution in [2.45, 2.75) is 45.8 Å². The lowest BCUT2D eigenvalue weighted by atomic mass is 9.92. The third kappa shape index (κ3) is 3.28. The predicted octanol–water partition coefficient (Wildman–Crippen LogP) is 1.79. The summed E-state index contributed by atoms with van der Waals surface area (Å²) in [7, 11) is 0. The molecule has 2 aliphatic heterocycles. The van der Waals surface area contributed by atoms with E-state index in [2.05, 4.69) is 29.6 Å². The maximum atomic E-state index is 13.0. The number of fused-ring (bicyclic) bond motifs is 1. The molecule has 1 saturated heterocycles. The van der Waals surface area contributed by atoms with Crippen LogP contribution in [0.5, 0.6) is 0 Å². The number of nitrogens with zero attached hydrogens (tertiary/aromatic N) is 3. The van der Waals surface area contributed by atoms with E-state index in [4.69, 9.17) is 0 Å². The average molecular weight is 395 g/mol. The molecule has 0 bridgehead atoms. The quantitative estimate of drug-likeness (QED) is 0.729. The number of rotatable bonds is 6. The van der Waals surface area contributed by atoms with Crippen molar-refractivity contribution in [2.24, 2.45) is 5.92 Å². The summed E-state index contributed by atoms with van der Waals surface area (Å²) in [6.07, 6.45) is 4.21. The van der Waals surface area contributed by atoms with Gasteiger partial charge >= 0.3 is 6.03 Å². The number of imide groups is 1. The van der Waals surface area contributed by atoms with Crippen LogP contribution in [-0.4, -0.2) is 39.1 Å². The third-order valence-corrected chi connectivity index (χ3v) is 5.51. The molecular formula is C21H25N5O3. The maximum absolute atomic E-state index is 13.0. The highest BCUT2D eigenvalue weighted by Crippen LogP contribution is 2.31. The number of aryl methyl sites for hydroxylation is 1. The Morgan fingerprint density at radius 1 is 1.24 bits per heavy atom. The van der Waals surface area contributed by atoms with Crippen molar-refractivity contribution in [3.8, 4) is 0 Å². The van der Waals surface area contributed by atoms with Crippen LogP contribution in [0.25, 0.3) is 0 Å². The van der Waals surface area contributed by atoms with Crippen LogP contribution in [0.15, 0.2) is 30.6 Å². The van der Waals surface area contributed by atoms with Crippen LogP contribution >= 0.6 is 0 Å². The summed E-state index contributed by atoms with van der Waals surface area (Å²) in [5, 5.41) is 9.41. The molecule has 2 aromatic rings. The average Bonchev–Trinajstić information content (AvgIpc) is 3.33. The normalized spacial score (nSPS) is 21.0. The summed E-state index contributed by atoms with van der Waals surface area (Å²) < 4.78 is 1.76. The molecule has 2 N–H and O–H groups in total. The number of nitrogens with one attached hydrogen (secondary N) is 2. The van der Waals surface area contributed by atoms with Gasteiger partial charge in [-0.2, -0.15) is 5.10 Å². The summed E-state index contributed by atoms with van der Waals surface area (Å²) in [5.74, 6) is -0.212. The molecule has 152 valence electrons. The van der Waals surface area contributed by atoms with E-state index in [1.165, 1.54) is 0 Å². The Kier molecular flexibility index (Phi) is 4.64. The van der Waals surface area contributed by atoms with Crippen LogP contribution in [0.4, 0.5) is 4.79 Å². The second-order valence-corrected chi connectivity index (χ2v) is 8.16. The molecule has 8 nitrogen and oxygen atoms in total. The molecule has 3 heterocycles. The van der Waals surface area contributed by atoms with E-state index < -0.39 is 17.5 Å². The Morgan fingerprint density at radius 3 is 2.69 bits per heavy atom. The Balaban J connectivity index is 1.66. The zero-order valence-electron chi connectivity index (χ0n) is 16.9. The van der Waals surface area contributed by atoms with Gasteiger partial charge in [0.25, 0.3) is 11.8 Å². The molecular weight excluding hydrogens is 370 g/mol. The van der Waals surface area contributed by atoms with E-state index in [1.54, 1.807) is 22.0 Å². The molecule has 1 atom stereocenters. The molecule has 0 unspecified atom stereocenters. The minimum atomic E-state index is -1.35. The molecule has 4 amide bonds. The minimum absolute atomic E-state index is 0.0485. The number of urea groups is 1. The third-order valence-electron chi connectivity index (χ3n) is 5.51. The highest BCUT2D eigenvalue weighted by atomic mass is 16.2. The van der Waals surface area contributed by atoms with E-state index in [9.17, 15) is 14.4 Å². The van der Waals surface area contributed by atoms with Gasteiger partial charge in [0.15, 0.2) is 5.54 Å². The minimum Gasteiger partial charge on any atom is -0.331 e. The van der Waals surface area contributed by atoms with Crippen molar-refractivity contribution in [1.82, 2.24) is 25.3 Å². The zero-order chi connectivity index (χ0) is 20.8. The molecule has 1 fully saturated rings. The highest BCUT2D eigenvalue weighted by molar-refractivity contribution is 6.08. The number of hydrogen-bond donors (Lipinski definition) is 2. The first-order valence-corrected chi connectivity index (χ1v) is 9.90. The Labute approximate surface area is 169 Å². The molecule has 0 aliphatic carbocycles. The number of carbonyl (C=O) groups excluding carboxylic acids is 3. The summed E-state index contributed by atoms with van der Waals surface area (Å²) in [4.78, 5) is 39.5. The van der Waals surface area contributed by atoms with Crippen molar-refractivity contribution in [3.63, 3.8) is 0 Å². The topological polar surface area (TPSA) is 96.3 Å². The fourth-order valence-corrected chi connectivity index (χ4v) is 4.00. The van der Waals surface area contributed by atoms with Gasteiger partial charge in [-0.25, -0.2) is 4.79 Å². The van der Waals surface area contributed by atoms with Crippen molar-refractivity contribution in [1.29, 1.82) is 0 Å². The molecule has 1 aromatic carbocycles. The molecule has 4 rings (SSSR count). The van der Waals surface area contributed by atoms with Crippen LogP contribution in [0, 0.1) is 5.92 Å².